The molecule has 0 spiro atoms. The lowest BCUT2D eigenvalue weighted by Gasteiger charge is -2.32. The lowest BCUT2D eigenvalue weighted by Crippen LogP contribution is -2.41. The molecule has 0 radical (unpaired) electrons. The number of dihydropyridines is 1. The molecule has 1 fully saturated rings. The van der Waals surface area contributed by atoms with E-state index in [9.17, 15) is 0 Å². The SMILES string of the molecule is CC1CC=CC(B2OC(C)(C)C(C)(C)O2)=N1. The average molecular weight is 221 g/mol. The molecule has 0 amide bonds. The van der Waals surface area contributed by atoms with Crippen molar-refractivity contribution in [3.05, 3.63) is 12.2 Å². The van der Waals surface area contributed by atoms with Crippen molar-refractivity contribution in [3.63, 3.8) is 0 Å². The standard InChI is InChI=1S/C12H20BNO2/c1-9-7-6-8-10(14-9)13-15-11(2,3)12(4,5)16-13/h6,8-9H,7H2,1-5H3. The molecule has 1 atom stereocenters. The predicted octanol–water partition coefficient (Wildman–Crippen LogP) is 2.41. The van der Waals surface area contributed by atoms with Gasteiger partial charge < -0.3 is 9.31 Å². The highest BCUT2D eigenvalue weighted by Gasteiger charge is 2.52. The van der Waals surface area contributed by atoms with E-state index in [0.29, 0.717) is 6.04 Å². The summed E-state index contributed by atoms with van der Waals surface area (Å²) in [5, 5.41) is 0. The van der Waals surface area contributed by atoms with Crippen LogP contribution in [-0.4, -0.2) is 30.0 Å². The number of hydrogen-bond donors (Lipinski definition) is 0. The van der Waals surface area contributed by atoms with Gasteiger partial charge in [0.05, 0.1) is 22.9 Å². The Morgan fingerprint density at radius 1 is 1.25 bits per heavy atom. The maximum Gasteiger partial charge on any atom is 0.514 e. The molecule has 2 aliphatic heterocycles. The van der Waals surface area contributed by atoms with Gasteiger partial charge in [0.15, 0.2) is 0 Å². The van der Waals surface area contributed by atoms with Crippen LogP contribution in [0, 0.1) is 0 Å². The fraction of sp³-hybridized carbons (Fsp3) is 0.750. The van der Waals surface area contributed by atoms with Crippen LogP contribution in [0.15, 0.2) is 17.1 Å². The summed E-state index contributed by atoms with van der Waals surface area (Å²) in [5.74, 6) is 0. The van der Waals surface area contributed by atoms with Crippen LogP contribution in [0.3, 0.4) is 0 Å². The van der Waals surface area contributed by atoms with E-state index in [1.165, 1.54) is 0 Å². The van der Waals surface area contributed by atoms with Gasteiger partial charge in [0, 0.05) is 0 Å². The third-order valence-electron chi connectivity index (χ3n) is 3.63. The normalized spacial score (nSPS) is 31.7. The topological polar surface area (TPSA) is 30.8 Å². The highest BCUT2D eigenvalue weighted by molar-refractivity contribution is 6.84. The van der Waals surface area contributed by atoms with E-state index in [1.54, 1.807) is 0 Å². The zero-order chi connectivity index (χ0) is 12.0. The molecule has 3 nitrogen and oxygen atoms in total. The van der Waals surface area contributed by atoms with Gasteiger partial charge in [0.25, 0.3) is 0 Å². The molecule has 0 aromatic heterocycles. The second kappa shape index (κ2) is 3.71. The van der Waals surface area contributed by atoms with E-state index >= 15 is 0 Å². The van der Waals surface area contributed by atoms with Crippen LogP contribution in [-0.2, 0) is 9.31 Å². The summed E-state index contributed by atoms with van der Waals surface area (Å²) >= 11 is 0. The zero-order valence-corrected chi connectivity index (χ0v) is 10.8. The van der Waals surface area contributed by atoms with Gasteiger partial charge in [-0.1, -0.05) is 6.08 Å². The van der Waals surface area contributed by atoms with Crippen LogP contribution < -0.4 is 0 Å². The molecule has 0 saturated carbocycles. The van der Waals surface area contributed by atoms with Crippen LogP contribution in [0.1, 0.15) is 41.0 Å². The average Bonchev–Trinajstić information content (AvgIpc) is 2.36. The van der Waals surface area contributed by atoms with Gasteiger partial charge in [-0.2, -0.15) is 0 Å². The Bertz CT molecular complexity index is 331. The molecule has 1 saturated heterocycles. The first kappa shape index (κ1) is 11.9. The van der Waals surface area contributed by atoms with Gasteiger partial charge in [-0.3, -0.25) is 4.99 Å². The second-order valence-electron chi connectivity index (χ2n) is 5.63. The minimum absolute atomic E-state index is 0.283. The fourth-order valence-corrected chi connectivity index (χ4v) is 1.84. The largest absolute Gasteiger partial charge is 0.514 e. The first-order valence-corrected chi connectivity index (χ1v) is 5.92. The summed E-state index contributed by atoms with van der Waals surface area (Å²) in [7, 11) is -0.316. The first-order valence-electron chi connectivity index (χ1n) is 5.92. The van der Waals surface area contributed by atoms with E-state index in [1.807, 2.05) is 6.08 Å². The molecule has 0 N–H and O–H groups in total. The van der Waals surface area contributed by atoms with E-state index in [2.05, 4.69) is 45.7 Å². The van der Waals surface area contributed by atoms with Crippen molar-refractivity contribution in [2.75, 3.05) is 0 Å². The van der Waals surface area contributed by atoms with Crippen LogP contribution in [0.2, 0.25) is 0 Å². The Morgan fingerprint density at radius 3 is 2.31 bits per heavy atom. The smallest absolute Gasteiger partial charge is 0.398 e. The minimum Gasteiger partial charge on any atom is -0.398 e. The van der Waals surface area contributed by atoms with E-state index < -0.39 is 0 Å². The quantitative estimate of drug-likeness (QED) is 0.636. The Morgan fingerprint density at radius 2 is 1.81 bits per heavy atom. The molecule has 0 bridgehead atoms. The summed E-state index contributed by atoms with van der Waals surface area (Å²) in [4.78, 5) is 4.58. The second-order valence-corrected chi connectivity index (χ2v) is 5.63. The van der Waals surface area contributed by atoms with Crippen molar-refractivity contribution in [2.24, 2.45) is 4.99 Å². The molecular formula is C12H20BNO2. The third-order valence-corrected chi connectivity index (χ3v) is 3.63. The van der Waals surface area contributed by atoms with E-state index in [4.69, 9.17) is 9.31 Å². The number of allylic oxidation sites excluding steroid dienone is 1. The lowest BCUT2D eigenvalue weighted by atomic mass is 9.80. The number of hydrogen-bond acceptors (Lipinski definition) is 3. The molecule has 0 aliphatic carbocycles. The number of nitrogens with zero attached hydrogens (tertiary/aromatic N) is 1. The Labute approximate surface area is 98.1 Å². The molecule has 16 heavy (non-hydrogen) atoms. The first-order chi connectivity index (χ1) is 7.32. The molecule has 2 heterocycles. The summed E-state index contributed by atoms with van der Waals surface area (Å²) in [6.07, 6.45) is 5.16. The molecule has 0 aromatic rings. The van der Waals surface area contributed by atoms with Gasteiger partial charge in [0.2, 0.25) is 0 Å². The molecule has 4 heteroatoms. The van der Waals surface area contributed by atoms with Crippen LogP contribution in [0.25, 0.3) is 0 Å². The molecule has 88 valence electrons. The monoisotopic (exact) mass is 221 g/mol. The Balaban J connectivity index is 2.18. The molecule has 0 aromatic carbocycles. The third kappa shape index (κ3) is 1.96. The predicted molar refractivity (Wildman–Crippen MR) is 66.7 cm³/mol. The number of rotatable bonds is 1. The zero-order valence-electron chi connectivity index (χ0n) is 10.8. The van der Waals surface area contributed by atoms with Crippen molar-refractivity contribution < 1.29 is 9.31 Å². The van der Waals surface area contributed by atoms with Gasteiger partial charge in [-0.25, -0.2) is 0 Å². The van der Waals surface area contributed by atoms with Crippen molar-refractivity contribution >= 4 is 12.7 Å². The van der Waals surface area contributed by atoms with Crippen LogP contribution in [0.4, 0.5) is 0 Å². The van der Waals surface area contributed by atoms with Crippen molar-refractivity contribution in [2.45, 2.75) is 58.3 Å². The van der Waals surface area contributed by atoms with Crippen molar-refractivity contribution in [1.82, 2.24) is 0 Å². The van der Waals surface area contributed by atoms with Crippen molar-refractivity contribution in [3.8, 4) is 0 Å². The maximum atomic E-state index is 5.95. The Hall–Kier alpha value is -0.605. The highest BCUT2D eigenvalue weighted by Crippen LogP contribution is 2.37. The minimum atomic E-state index is -0.316. The molecular weight excluding hydrogens is 201 g/mol. The van der Waals surface area contributed by atoms with Crippen LogP contribution in [0.5, 0.6) is 0 Å². The van der Waals surface area contributed by atoms with Crippen LogP contribution >= 0.6 is 0 Å². The summed E-state index contributed by atoms with van der Waals surface area (Å²) in [6.45, 7) is 10.3. The van der Waals surface area contributed by atoms with Gasteiger partial charge in [-0.15, -0.1) is 0 Å². The lowest BCUT2D eigenvalue weighted by molar-refractivity contribution is 0.00578. The van der Waals surface area contributed by atoms with Crippen molar-refractivity contribution in [1.29, 1.82) is 0 Å². The Kier molecular flexibility index (Phi) is 2.75. The summed E-state index contributed by atoms with van der Waals surface area (Å²) in [6, 6.07) is 0.332. The molecule has 2 rings (SSSR count). The van der Waals surface area contributed by atoms with Gasteiger partial charge in [-0.05, 0) is 47.1 Å². The molecule has 1 unspecified atom stereocenters. The highest BCUT2D eigenvalue weighted by atomic mass is 16.7. The maximum absolute atomic E-state index is 5.95. The van der Waals surface area contributed by atoms with Gasteiger partial charge in [0.1, 0.15) is 0 Å². The van der Waals surface area contributed by atoms with Gasteiger partial charge >= 0.3 is 7.12 Å². The summed E-state index contributed by atoms with van der Waals surface area (Å²) in [5.41, 5.74) is 0.348. The van der Waals surface area contributed by atoms with E-state index in [-0.39, 0.29) is 18.3 Å². The number of aliphatic imine (C=N–C) groups is 1. The van der Waals surface area contributed by atoms with E-state index in [0.717, 1.165) is 12.0 Å². The molecule has 2 aliphatic rings. The fourth-order valence-electron chi connectivity index (χ4n) is 1.84. The summed E-state index contributed by atoms with van der Waals surface area (Å²) < 4.78 is 11.9.